The van der Waals surface area contributed by atoms with Gasteiger partial charge in [0.2, 0.25) is 5.91 Å². The van der Waals surface area contributed by atoms with Crippen molar-refractivity contribution in [3.05, 3.63) is 114 Å². The maximum atomic E-state index is 13.3. The fourth-order valence-electron chi connectivity index (χ4n) is 4.56. The Morgan fingerprint density at radius 2 is 1.81 bits per heavy atom. The van der Waals surface area contributed by atoms with Crippen molar-refractivity contribution >= 4 is 44.4 Å². The predicted octanol–water partition coefficient (Wildman–Crippen LogP) is 6.39. The summed E-state index contributed by atoms with van der Waals surface area (Å²) in [4.78, 5) is 29.8. The Morgan fingerprint density at radius 1 is 0.972 bits per heavy atom. The van der Waals surface area contributed by atoms with Gasteiger partial charge in [-0.1, -0.05) is 24.8 Å². The number of pyridine rings is 2. The Hall–Kier alpha value is -4.97. The lowest BCUT2D eigenvalue weighted by molar-refractivity contribution is -0.111. The monoisotopic (exact) mass is 471 g/mol. The standard InChI is InChI=1S/C30H21N3O3/c1-3-28(34)32-26-16-23(8-4-18(26)2)33-29(35)11-7-22-17-31-25-9-5-20(15-24(25)30(22)33)19-6-10-27-21(14-19)12-13-36-27/h3-17H,1H2,2H3,(H,32,34). The van der Waals surface area contributed by atoms with Crippen LogP contribution in [0.15, 0.2) is 107 Å². The summed E-state index contributed by atoms with van der Waals surface area (Å²) < 4.78 is 7.16. The van der Waals surface area contributed by atoms with Crippen LogP contribution in [-0.2, 0) is 4.79 Å². The molecule has 1 amide bonds. The van der Waals surface area contributed by atoms with E-state index in [2.05, 4.69) is 29.0 Å². The molecule has 0 saturated carbocycles. The fraction of sp³-hybridized carbons (Fsp3) is 0.0333. The molecule has 0 aliphatic rings. The van der Waals surface area contributed by atoms with Crippen LogP contribution in [-0.4, -0.2) is 15.5 Å². The number of furan rings is 1. The number of aromatic nitrogens is 2. The second-order valence-corrected chi connectivity index (χ2v) is 8.67. The van der Waals surface area contributed by atoms with Crippen LogP contribution < -0.4 is 10.9 Å². The molecule has 3 aromatic carbocycles. The zero-order valence-electron chi connectivity index (χ0n) is 19.5. The highest BCUT2D eigenvalue weighted by atomic mass is 16.3. The Morgan fingerprint density at radius 3 is 2.67 bits per heavy atom. The van der Waals surface area contributed by atoms with Gasteiger partial charge in [0.05, 0.1) is 23.0 Å². The molecule has 0 radical (unpaired) electrons. The van der Waals surface area contributed by atoms with Crippen molar-refractivity contribution in [1.82, 2.24) is 9.55 Å². The molecule has 36 heavy (non-hydrogen) atoms. The number of benzene rings is 3. The molecule has 0 fully saturated rings. The van der Waals surface area contributed by atoms with Crippen molar-refractivity contribution in [1.29, 1.82) is 0 Å². The molecule has 6 rings (SSSR count). The molecule has 0 aliphatic carbocycles. The minimum absolute atomic E-state index is 0.176. The van der Waals surface area contributed by atoms with Gasteiger partial charge in [0, 0.05) is 34.1 Å². The van der Waals surface area contributed by atoms with Crippen LogP contribution in [0.25, 0.3) is 49.6 Å². The molecule has 0 bridgehead atoms. The average molecular weight is 472 g/mol. The largest absolute Gasteiger partial charge is 0.464 e. The van der Waals surface area contributed by atoms with E-state index in [1.54, 1.807) is 29.2 Å². The van der Waals surface area contributed by atoms with Crippen molar-refractivity contribution in [3.63, 3.8) is 0 Å². The molecule has 0 unspecified atom stereocenters. The van der Waals surface area contributed by atoms with Gasteiger partial charge in [-0.25, -0.2) is 0 Å². The first-order chi connectivity index (χ1) is 17.5. The van der Waals surface area contributed by atoms with Gasteiger partial charge in [-0.05, 0) is 78.2 Å². The van der Waals surface area contributed by atoms with Gasteiger partial charge in [-0.3, -0.25) is 19.1 Å². The van der Waals surface area contributed by atoms with Gasteiger partial charge >= 0.3 is 0 Å². The summed E-state index contributed by atoms with van der Waals surface area (Å²) in [7, 11) is 0. The summed E-state index contributed by atoms with van der Waals surface area (Å²) in [6.45, 7) is 5.42. The topological polar surface area (TPSA) is 77.1 Å². The highest BCUT2D eigenvalue weighted by Crippen LogP contribution is 2.31. The summed E-state index contributed by atoms with van der Waals surface area (Å²) in [6.07, 6.45) is 4.68. The lowest BCUT2D eigenvalue weighted by Crippen LogP contribution is -2.18. The van der Waals surface area contributed by atoms with Gasteiger partial charge < -0.3 is 9.73 Å². The Kier molecular flexibility index (Phi) is 5.00. The molecule has 0 saturated heterocycles. The SMILES string of the molecule is C=CC(=O)Nc1cc(-n2c(=O)ccc3cnc4ccc(-c5ccc6occc6c5)cc4c32)ccc1C. The number of carbonyl (C=O) groups excluding carboxylic acids is 1. The van der Waals surface area contributed by atoms with Crippen LogP contribution in [0, 0.1) is 6.92 Å². The maximum absolute atomic E-state index is 13.3. The van der Waals surface area contributed by atoms with E-state index in [-0.39, 0.29) is 11.5 Å². The summed E-state index contributed by atoms with van der Waals surface area (Å²) in [6, 6.07) is 23.0. The summed E-state index contributed by atoms with van der Waals surface area (Å²) >= 11 is 0. The van der Waals surface area contributed by atoms with Crippen molar-refractivity contribution in [3.8, 4) is 16.8 Å². The molecule has 6 aromatic rings. The molecular formula is C30H21N3O3. The molecule has 3 aromatic heterocycles. The number of aryl methyl sites for hydroxylation is 1. The number of hydrogen-bond acceptors (Lipinski definition) is 4. The van der Waals surface area contributed by atoms with E-state index in [9.17, 15) is 9.59 Å². The zero-order valence-corrected chi connectivity index (χ0v) is 19.5. The minimum Gasteiger partial charge on any atom is -0.464 e. The predicted molar refractivity (Wildman–Crippen MR) is 144 cm³/mol. The van der Waals surface area contributed by atoms with Crippen LogP contribution in [0.3, 0.4) is 0 Å². The number of nitrogens with one attached hydrogen (secondary N) is 1. The van der Waals surface area contributed by atoms with Gasteiger partial charge in [0.25, 0.3) is 5.56 Å². The van der Waals surface area contributed by atoms with Crippen LogP contribution >= 0.6 is 0 Å². The summed E-state index contributed by atoms with van der Waals surface area (Å²) in [5.74, 6) is -0.311. The van der Waals surface area contributed by atoms with Crippen molar-refractivity contribution in [2.45, 2.75) is 6.92 Å². The number of anilines is 1. The molecule has 0 atom stereocenters. The lowest BCUT2D eigenvalue weighted by atomic mass is 10.0. The first-order valence-electron chi connectivity index (χ1n) is 11.5. The number of amides is 1. The van der Waals surface area contributed by atoms with E-state index in [1.807, 2.05) is 49.4 Å². The Bertz CT molecular complexity index is 1900. The molecule has 3 heterocycles. The molecule has 0 aliphatic heterocycles. The summed E-state index contributed by atoms with van der Waals surface area (Å²) in [5, 5.41) is 5.54. The zero-order chi connectivity index (χ0) is 24.8. The first kappa shape index (κ1) is 21.6. The van der Waals surface area contributed by atoms with Crippen molar-refractivity contribution in [2.75, 3.05) is 5.32 Å². The van der Waals surface area contributed by atoms with E-state index in [4.69, 9.17) is 4.42 Å². The normalized spacial score (nSPS) is 11.2. The molecule has 174 valence electrons. The van der Waals surface area contributed by atoms with E-state index in [0.717, 1.165) is 49.5 Å². The van der Waals surface area contributed by atoms with Gasteiger partial charge in [-0.15, -0.1) is 0 Å². The quantitative estimate of drug-likeness (QED) is 0.239. The molecule has 6 heteroatoms. The molecule has 1 N–H and O–H groups in total. The highest BCUT2D eigenvalue weighted by Gasteiger charge is 2.13. The fourth-order valence-corrected chi connectivity index (χ4v) is 4.56. The van der Waals surface area contributed by atoms with Gasteiger partial charge in [-0.2, -0.15) is 0 Å². The number of nitrogens with zero attached hydrogens (tertiary/aromatic N) is 2. The highest BCUT2D eigenvalue weighted by molar-refractivity contribution is 6.06. The minimum atomic E-state index is -0.311. The number of rotatable bonds is 4. The second kappa shape index (κ2) is 8.36. The third-order valence-corrected chi connectivity index (χ3v) is 6.43. The van der Waals surface area contributed by atoms with E-state index < -0.39 is 0 Å². The van der Waals surface area contributed by atoms with E-state index in [1.165, 1.54) is 12.1 Å². The van der Waals surface area contributed by atoms with E-state index >= 15 is 0 Å². The van der Waals surface area contributed by atoms with Crippen LogP contribution in [0.1, 0.15) is 5.56 Å². The van der Waals surface area contributed by atoms with Crippen LogP contribution in [0.5, 0.6) is 0 Å². The third kappa shape index (κ3) is 3.56. The smallest absolute Gasteiger partial charge is 0.255 e. The Labute approximate surface area is 206 Å². The first-order valence-corrected chi connectivity index (χ1v) is 11.5. The molecular weight excluding hydrogens is 450 g/mol. The number of hydrogen-bond donors (Lipinski definition) is 1. The van der Waals surface area contributed by atoms with Crippen molar-refractivity contribution < 1.29 is 9.21 Å². The number of carbonyl (C=O) groups is 1. The second-order valence-electron chi connectivity index (χ2n) is 8.67. The average Bonchev–Trinajstić information content (AvgIpc) is 3.37. The lowest BCUT2D eigenvalue weighted by Gasteiger charge is -2.15. The van der Waals surface area contributed by atoms with Gasteiger partial charge in [0.15, 0.2) is 0 Å². The molecule has 6 nitrogen and oxygen atoms in total. The van der Waals surface area contributed by atoms with Crippen LogP contribution in [0.4, 0.5) is 5.69 Å². The third-order valence-electron chi connectivity index (χ3n) is 6.43. The van der Waals surface area contributed by atoms with Crippen LogP contribution in [0.2, 0.25) is 0 Å². The van der Waals surface area contributed by atoms with Gasteiger partial charge in [0.1, 0.15) is 5.58 Å². The summed E-state index contributed by atoms with van der Waals surface area (Å²) in [5.41, 5.74) is 6.38. The molecule has 0 spiro atoms. The van der Waals surface area contributed by atoms with E-state index in [0.29, 0.717) is 11.4 Å². The van der Waals surface area contributed by atoms with Crippen molar-refractivity contribution in [2.24, 2.45) is 0 Å². The Balaban J connectivity index is 1.61. The number of fused-ring (bicyclic) bond motifs is 4. The maximum Gasteiger partial charge on any atom is 0.255 e.